The van der Waals surface area contributed by atoms with Gasteiger partial charge in [-0.15, -0.1) is 0 Å². The summed E-state index contributed by atoms with van der Waals surface area (Å²) in [5, 5.41) is 0. The fourth-order valence-corrected chi connectivity index (χ4v) is 2.42. The Labute approximate surface area is 103 Å². The van der Waals surface area contributed by atoms with Gasteiger partial charge >= 0.3 is 0 Å². The lowest BCUT2D eigenvalue weighted by Crippen LogP contribution is -2.13. The molecule has 2 nitrogen and oxygen atoms in total. The lowest BCUT2D eigenvalue weighted by Gasteiger charge is -2.22. The number of ether oxygens (including phenoxy) is 1. The van der Waals surface area contributed by atoms with Gasteiger partial charge in [-0.05, 0) is 50.3 Å². The Kier molecular flexibility index (Phi) is 3.82. The Morgan fingerprint density at radius 3 is 2.88 bits per heavy atom. The van der Waals surface area contributed by atoms with Gasteiger partial charge in [0.2, 0.25) is 0 Å². The number of carbonyl (C=O) groups excluding carboxylic acids is 1. The molecule has 1 saturated carbocycles. The first kappa shape index (κ1) is 12.2. The number of benzene rings is 1. The van der Waals surface area contributed by atoms with E-state index in [4.69, 9.17) is 4.74 Å². The fraction of sp³-hybridized carbons (Fsp3) is 0.533. The van der Waals surface area contributed by atoms with Crippen molar-refractivity contribution in [2.45, 2.75) is 51.6 Å². The van der Waals surface area contributed by atoms with Gasteiger partial charge in [-0.25, -0.2) is 0 Å². The highest BCUT2D eigenvalue weighted by Gasteiger charge is 2.21. The molecule has 0 bridgehead atoms. The van der Waals surface area contributed by atoms with Gasteiger partial charge in [-0.2, -0.15) is 0 Å². The molecule has 1 unspecified atom stereocenters. The molecule has 0 spiro atoms. The number of carbonyl (C=O) groups is 1. The van der Waals surface area contributed by atoms with Crippen LogP contribution in [0.2, 0.25) is 0 Å². The molecule has 0 saturated heterocycles. The van der Waals surface area contributed by atoms with Crippen LogP contribution in [0.5, 0.6) is 5.75 Å². The van der Waals surface area contributed by atoms with Crippen molar-refractivity contribution in [1.82, 2.24) is 0 Å². The van der Waals surface area contributed by atoms with Gasteiger partial charge in [0.1, 0.15) is 11.5 Å². The third-order valence-electron chi connectivity index (χ3n) is 3.18. The van der Waals surface area contributed by atoms with Gasteiger partial charge in [-0.1, -0.05) is 12.1 Å². The lowest BCUT2D eigenvalue weighted by atomic mass is 9.83. The van der Waals surface area contributed by atoms with Gasteiger partial charge in [0.15, 0.2) is 0 Å². The summed E-state index contributed by atoms with van der Waals surface area (Å²) < 4.78 is 5.69. The van der Waals surface area contributed by atoms with Crippen LogP contribution < -0.4 is 4.74 Å². The second-order valence-corrected chi connectivity index (χ2v) is 5.07. The molecule has 1 aromatic carbocycles. The van der Waals surface area contributed by atoms with Crippen LogP contribution in [0.3, 0.4) is 0 Å². The van der Waals surface area contributed by atoms with E-state index in [0.29, 0.717) is 18.1 Å². The molecule has 1 atom stereocenters. The molecule has 0 heterocycles. The Bertz CT molecular complexity index is 396. The summed E-state index contributed by atoms with van der Waals surface area (Å²) in [5.74, 6) is 1.71. The first-order chi connectivity index (χ1) is 8.15. The molecule has 1 aliphatic rings. The molecule has 1 fully saturated rings. The van der Waals surface area contributed by atoms with E-state index in [1.165, 1.54) is 5.56 Å². The van der Waals surface area contributed by atoms with Crippen molar-refractivity contribution in [2.75, 3.05) is 0 Å². The van der Waals surface area contributed by atoms with Gasteiger partial charge in [0, 0.05) is 12.8 Å². The summed E-state index contributed by atoms with van der Waals surface area (Å²) in [6.07, 6.45) is 3.80. The molecular weight excluding hydrogens is 212 g/mol. The number of hydrogen-bond acceptors (Lipinski definition) is 2. The van der Waals surface area contributed by atoms with Gasteiger partial charge in [0.25, 0.3) is 0 Å². The van der Waals surface area contributed by atoms with E-state index >= 15 is 0 Å². The minimum absolute atomic E-state index is 0.193. The third-order valence-corrected chi connectivity index (χ3v) is 3.18. The molecule has 0 aliphatic heterocycles. The average Bonchev–Trinajstić information content (AvgIpc) is 2.28. The van der Waals surface area contributed by atoms with Crippen molar-refractivity contribution in [1.29, 1.82) is 0 Å². The van der Waals surface area contributed by atoms with E-state index < -0.39 is 0 Å². The minimum Gasteiger partial charge on any atom is -0.491 e. The molecule has 2 rings (SSSR count). The second kappa shape index (κ2) is 5.35. The van der Waals surface area contributed by atoms with Crippen LogP contribution in [-0.2, 0) is 4.79 Å². The van der Waals surface area contributed by atoms with Gasteiger partial charge in [-0.3, -0.25) is 4.79 Å². The first-order valence-corrected chi connectivity index (χ1v) is 6.43. The largest absolute Gasteiger partial charge is 0.491 e. The summed E-state index contributed by atoms with van der Waals surface area (Å²) in [4.78, 5) is 11.5. The molecule has 0 N–H and O–H groups in total. The van der Waals surface area contributed by atoms with Crippen molar-refractivity contribution in [3.63, 3.8) is 0 Å². The zero-order valence-electron chi connectivity index (χ0n) is 10.6. The summed E-state index contributed by atoms with van der Waals surface area (Å²) in [6.45, 7) is 4.05. The maximum absolute atomic E-state index is 11.5. The van der Waals surface area contributed by atoms with E-state index in [0.717, 1.165) is 25.0 Å². The fourth-order valence-electron chi connectivity index (χ4n) is 2.42. The predicted molar refractivity (Wildman–Crippen MR) is 68.4 cm³/mol. The smallest absolute Gasteiger partial charge is 0.133 e. The van der Waals surface area contributed by atoms with Crippen LogP contribution in [0.4, 0.5) is 0 Å². The first-order valence-electron chi connectivity index (χ1n) is 6.43. The molecular formula is C15H20O2. The minimum atomic E-state index is 0.193. The Balaban J connectivity index is 2.12. The van der Waals surface area contributed by atoms with E-state index in [1.54, 1.807) is 0 Å². The predicted octanol–water partition coefficient (Wildman–Crippen LogP) is 3.70. The van der Waals surface area contributed by atoms with Crippen LogP contribution >= 0.6 is 0 Å². The van der Waals surface area contributed by atoms with E-state index in [2.05, 4.69) is 12.1 Å². The van der Waals surface area contributed by atoms with Crippen LogP contribution in [-0.4, -0.2) is 11.9 Å². The van der Waals surface area contributed by atoms with Gasteiger partial charge < -0.3 is 4.74 Å². The molecule has 0 aromatic heterocycles. The van der Waals surface area contributed by atoms with Crippen molar-refractivity contribution in [3.8, 4) is 5.75 Å². The van der Waals surface area contributed by atoms with Crippen molar-refractivity contribution in [2.24, 2.45) is 0 Å². The van der Waals surface area contributed by atoms with Crippen LogP contribution in [0.1, 0.15) is 51.0 Å². The average molecular weight is 232 g/mol. The summed E-state index contributed by atoms with van der Waals surface area (Å²) in [7, 11) is 0. The molecule has 1 aromatic rings. The zero-order chi connectivity index (χ0) is 12.3. The monoisotopic (exact) mass is 232 g/mol. The molecule has 1 aliphatic carbocycles. The Hall–Kier alpha value is -1.31. The maximum Gasteiger partial charge on any atom is 0.133 e. The summed E-state index contributed by atoms with van der Waals surface area (Å²) in [5.41, 5.74) is 1.25. The van der Waals surface area contributed by atoms with E-state index in [9.17, 15) is 4.79 Å². The van der Waals surface area contributed by atoms with E-state index in [1.807, 2.05) is 26.0 Å². The number of rotatable bonds is 3. The van der Waals surface area contributed by atoms with Crippen LogP contribution in [0.15, 0.2) is 24.3 Å². The van der Waals surface area contributed by atoms with Crippen molar-refractivity contribution >= 4 is 5.78 Å². The molecule has 17 heavy (non-hydrogen) atoms. The SMILES string of the molecule is CC(C)Oc1cccc(C2CCCC(=O)C2)c1. The Morgan fingerprint density at radius 2 is 2.18 bits per heavy atom. The summed E-state index contributed by atoms with van der Waals surface area (Å²) in [6, 6.07) is 8.19. The number of ketones is 1. The number of hydrogen-bond donors (Lipinski definition) is 0. The molecule has 0 amide bonds. The normalized spacial score (nSPS) is 20.6. The zero-order valence-corrected chi connectivity index (χ0v) is 10.6. The highest BCUT2D eigenvalue weighted by molar-refractivity contribution is 5.80. The van der Waals surface area contributed by atoms with Crippen molar-refractivity contribution in [3.05, 3.63) is 29.8 Å². The van der Waals surface area contributed by atoms with Crippen molar-refractivity contribution < 1.29 is 9.53 Å². The highest BCUT2D eigenvalue weighted by atomic mass is 16.5. The summed E-state index contributed by atoms with van der Waals surface area (Å²) >= 11 is 0. The topological polar surface area (TPSA) is 26.3 Å². The lowest BCUT2D eigenvalue weighted by molar-refractivity contribution is -0.120. The molecule has 0 radical (unpaired) electrons. The third kappa shape index (κ3) is 3.32. The van der Waals surface area contributed by atoms with Gasteiger partial charge in [0.05, 0.1) is 6.10 Å². The number of Topliss-reactive ketones (excluding diaryl/α,β-unsaturated/α-hetero) is 1. The van der Waals surface area contributed by atoms with Crippen LogP contribution in [0.25, 0.3) is 0 Å². The standard InChI is InChI=1S/C15H20O2/c1-11(2)17-15-8-4-6-13(10-15)12-5-3-7-14(16)9-12/h4,6,8,10-12H,3,5,7,9H2,1-2H3. The molecule has 2 heteroatoms. The second-order valence-electron chi connectivity index (χ2n) is 5.07. The van der Waals surface area contributed by atoms with E-state index in [-0.39, 0.29) is 6.10 Å². The highest BCUT2D eigenvalue weighted by Crippen LogP contribution is 2.32. The van der Waals surface area contributed by atoms with Crippen LogP contribution in [0, 0.1) is 0 Å². The Morgan fingerprint density at radius 1 is 1.35 bits per heavy atom. The molecule has 92 valence electrons. The maximum atomic E-state index is 11.5. The quantitative estimate of drug-likeness (QED) is 0.794.